The van der Waals surface area contributed by atoms with Crippen LogP contribution in [0.15, 0.2) is 170 Å². The maximum Gasteiger partial charge on any atom is 0.307 e. The molecule has 0 saturated heterocycles. The molecule has 4 atom stereocenters. The van der Waals surface area contributed by atoms with E-state index in [1.807, 2.05) is 72.8 Å². The molecule has 4 saturated carbocycles. The number of methoxy groups -OCH3 is 3. The summed E-state index contributed by atoms with van der Waals surface area (Å²) in [5.41, 5.74) is 23.0. The van der Waals surface area contributed by atoms with Crippen LogP contribution < -0.4 is 14.2 Å². The highest BCUT2D eigenvalue weighted by Crippen LogP contribution is 2.58. The molecule has 0 aliphatic heterocycles. The van der Waals surface area contributed by atoms with Crippen molar-refractivity contribution in [1.29, 1.82) is 0 Å². The maximum atomic E-state index is 11.7. The summed E-state index contributed by atoms with van der Waals surface area (Å²) in [7, 11) is 4.17. The molecule has 8 aliphatic rings. The molecule has 626 valence electrons. The maximum absolute atomic E-state index is 11.7. The van der Waals surface area contributed by atoms with Crippen LogP contribution in [0, 0.1) is 47.4 Å². The topological polar surface area (TPSA) is 184 Å². The molecule has 16 rings (SSSR count). The van der Waals surface area contributed by atoms with Crippen molar-refractivity contribution in [2.75, 3.05) is 21.3 Å². The third-order valence-electron chi connectivity index (χ3n) is 25.8. The molecule has 4 fully saturated rings. The molecule has 120 heavy (non-hydrogen) atoms. The molecular formula is C107H120O13. The lowest BCUT2D eigenvalue weighted by atomic mass is 9.88. The molecule has 3 N–H and O–H groups in total. The van der Waals surface area contributed by atoms with Crippen molar-refractivity contribution in [3.63, 3.8) is 0 Å². The number of fused-ring (bicyclic) bond motifs is 8. The summed E-state index contributed by atoms with van der Waals surface area (Å²) in [6.45, 7) is 8.91. The average molecular weight is 1610 g/mol. The first-order valence-electron chi connectivity index (χ1n) is 43.6. The molecule has 0 bridgehead atoms. The summed E-state index contributed by atoms with van der Waals surface area (Å²) >= 11 is 0. The van der Waals surface area contributed by atoms with Crippen molar-refractivity contribution >= 4 is 23.9 Å². The fourth-order valence-corrected chi connectivity index (χ4v) is 18.3. The van der Waals surface area contributed by atoms with E-state index in [9.17, 15) is 24.3 Å². The van der Waals surface area contributed by atoms with Crippen molar-refractivity contribution in [1.82, 2.24) is 0 Å². The van der Waals surface area contributed by atoms with Crippen LogP contribution in [0.2, 0.25) is 0 Å². The standard InChI is InChI=1S/2C27H30O3.C26H28O3.C14H18O.C13H14O3/c2*1-3-6-23(18-26(28)29-2)21-10-12-24(13-11-21)30-19-20-8-9-22-7-4-5-14-27(15-16-27)25(22)17-20;1-2-5-22(17-25(27)28)20-9-11-23(12-10-20)29-18-19-7-8-21-6-3-4-13-26(14-15-26)24(21)16-19;15-10-11-4-5-12-3-1-2-6-14(7-8-14)13(12)9-11;1-3-4-11(9-13(15)16-2)10-5-7-12(14)8-6-10/h2*8-13,17,23H,4-5,7,14-16,18-19H2,1-2H3;7-12,16,22H,3-4,6,13-15,17-18H2,1H3,(H,27,28);4-5,9,15H,1-3,6-8,10H2;5-8,11,14H,9H2,1-2H3/t2*23-;22-;;11-/m000.0/s1. The van der Waals surface area contributed by atoms with E-state index in [0.717, 1.165) is 45.1 Å². The van der Waals surface area contributed by atoms with E-state index in [2.05, 4.69) is 125 Å². The number of aliphatic carboxylic acids is 1. The molecule has 0 aromatic heterocycles. The Hall–Kier alpha value is -11.0. The van der Waals surface area contributed by atoms with Gasteiger partial charge >= 0.3 is 23.9 Å². The molecule has 0 amide bonds. The van der Waals surface area contributed by atoms with Gasteiger partial charge in [0.1, 0.15) is 42.8 Å². The number of benzene rings is 8. The van der Waals surface area contributed by atoms with E-state index in [-0.39, 0.29) is 79.6 Å². The van der Waals surface area contributed by atoms with Gasteiger partial charge in [0.05, 0.1) is 77.3 Å². The van der Waals surface area contributed by atoms with E-state index in [1.54, 1.807) is 90.9 Å². The van der Waals surface area contributed by atoms with Crippen LogP contribution in [-0.4, -0.2) is 60.5 Å². The first-order chi connectivity index (χ1) is 58.4. The highest BCUT2D eigenvalue weighted by Gasteiger charge is 2.49. The summed E-state index contributed by atoms with van der Waals surface area (Å²) in [5.74, 6) is 23.8. The molecular weight excluding hydrogens is 1490 g/mol. The molecule has 8 aliphatic carbocycles. The van der Waals surface area contributed by atoms with Crippen molar-refractivity contribution in [2.24, 2.45) is 0 Å². The van der Waals surface area contributed by atoms with Crippen LogP contribution in [0.3, 0.4) is 0 Å². The predicted octanol–water partition coefficient (Wildman–Crippen LogP) is 22.0. The Balaban J connectivity index is 0.000000141. The fraction of sp³-hybridized carbons (Fsp3) is 0.439. The summed E-state index contributed by atoms with van der Waals surface area (Å²) in [4.78, 5) is 45.6. The summed E-state index contributed by atoms with van der Waals surface area (Å²) < 4.78 is 32.4. The van der Waals surface area contributed by atoms with Crippen LogP contribution in [0.1, 0.15) is 294 Å². The number of aromatic hydroxyl groups is 1. The Kier molecular flexibility index (Phi) is 31.1. The number of carbonyl (C=O) groups excluding carboxylic acids is 3. The number of ether oxygens (including phenoxy) is 6. The highest BCUT2D eigenvalue weighted by molar-refractivity contribution is 5.73. The van der Waals surface area contributed by atoms with Gasteiger partial charge in [0.15, 0.2) is 0 Å². The van der Waals surface area contributed by atoms with Crippen molar-refractivity contribution in [2.45, 2.75) is 279 Å². The zero-order chi connectivity index (χ0) is 84.5. The van der Waals surface area contributed by atoms with E-state index < -0.39 is 5.97 Å². The van der Waals surface area contributed by atoms with Gasteiger partial charge in [-0.2, -0.15) is 0 Å². The summed E-state index contributed by atoms with van der Waals surface area (Å²) in [6, 6.07) is 57.5. The Morgan fingerprint density at radius 3 is 0.825 bits per heavy atom. The molecule has 0 radical (unpaired) electrons. The SMILES string of the molecule is CC#C[C@@H](CC(=O)O)c1ccc(OCc2ccc3c(c2)C2(CCCC3)CC2)cc1.CC#C[C@@H](CC(=O)OC)c1ccc(O)cc1.CC#C[C@@H](CC(=O)OC)c1ccc(OCc2ccc3c(c2)C2(CCCC3)CC2)cc1.CC#C[C@@H](CC(=O)OC)c1ccc(OCc2ccc3c(c2)C2(CCCC3)CC2)cc1.OCc1ccc2c(c1)C1(CCCC2)CC1. The van der Waals surface area contributed by atoms with Crippen molar-refractivity contribution in [3.05, 3.63) is 259 Å². The van der Waals surface area contributed by atoms with Gasteiger partial charge in [-0.3, -0.25) is 19.2 Å². The number of aliphatic hydroxyl groups is 1. The number of phenolic OH excluding ortho intramolecular Hbond substituents is 1. The molecule has 13 heteroatoms. The molecule has 0 heterocycles. The lowest BCUT2D eigenvalue weighted by Gasteiger charge is -2.18. The number of phenols is 1. The van der Waals surface area contributed by atoms with Gasteiger partial charge in [0, 0.05) is 0 Å². The van der Waals surface area contributed by atoms with E-state index in [4.69, 9.17) is 33.9 Å². The van der Waals surface area contributed by atoms with Gasteiger partial charge < -0.3 is 43.7 Å². The number of aliphatic hydroxyl groups excluding tert-OH is 1. The van der Waals surface area contributed by atoms with E-state index in [1.165, 1.54) is 198 Å². The lowest BCUT2D eigenvalue weighted by molar-refractivity contribution is -0.141. The van der Waals surface area contributed by atoms with Gasteiger partial charge in [-0.15, -0.1) is 23.7 Å². The number of rotatable bonds is 22. The minimum absolute atomic E-state index is 0.0118. The van der Waals surface area contributed by atoms with Gasteiger partial charge in [0.2, 0.25) is 0 Å². The Morgan fingerprint density at radius 1 is 0.333 bits per heavy atom. The summed E-state index contributed by atoms with van der Waals surface area (Å²) in [6.07, 6.45) is 32.5. The second-order valence-electron chi connectivity index (χ2n) is 34.0. The second kappa shape index (κ2) is 42.3. The quantitative estimate of drug-likeness (QED) is 0.0331. The van der Waals surface area contributed by atoms with Gasteiger partial charge in [-0.05, 0) is 315 Å². The number of hydrogen-bond acceptors (Lipinski definition) is 12. The molecule has 4 spiro atoms. The average Bonchev–Trinajstić information content (AvgIpc) is 1.62. The molecule has 13 nitrogen and oxygen atoms in total. The number of hydrogen-bond donors (Lipinski definition) is 3. The number of esters is 3. The van der Waals surface area contributed by atoms with Crippen LogP contribution >= 0.6 is 0 Å². The van der Waals surface area contributed by atoms with E-state index in [0.29, 0.717) is 41.5 Å². The molecule has 8 aromatic carbocycles. The third kappa shape index (κ3) is 24.0. The smallest absolute Gasteiger partial charge is 0.307 e. The first-order valence-corrected chi connectivity index (χ1v) is 43.6. The second-order valence-corrected chi connectivity index (χ2v) is 34.0. The highest BCUT2D eigenvalue weighted by atomic mass is 16.5. The Bertz CT molecular complexity index is 4920. The van der Waals surface area contributed by atoms with Gasteiger partial charge in [0.25, 0.3) is 0 Å². The largest absolute Gasteiger partial charge is 0.508 e. The van der Waals surface area contributed by atoms with Crippen LogP contribution in [0.25, 0.3) is 0 Å². The lowest BCUT2D eigenvalue weighted by Crippen LogP contribution is -2.08. The van der Waals surface area contributed by atoms with Crippen LogP contribution in [-0.2, 0) is 107 Å². The van der Waals surface area contributed by atoms with Gasteiger partial charge in [-0.25, -0.2) is 0 Å². The molecule has 0 unspecified atom stereocenters. The Morgan fingerprint density at radius 2 is 0.583 bits per heavy atom. The summed E-state index contributed by atoms with van der Waals surface area (Å²) in [5, 5.41) is 27.5. The van der Waals surface area contributed by atoms with Crippen LogP contribution in [0.4, 0.5) is 0 Å². The van der Waals surface area contributed by atoms with Gasteiger partial charge in [-0.1, -0.05) is 171 Å². The Labute approximate surface area is 712 Å². The third-order valence-corrected chi connectivity index (χ3v) is 25.8. The van der Waals surface area contributed by atoms with Crippen molar-refractivity contribution in [3.8, 4) is 70.4 Å². The van der Waals surface area contributed by atoms with Crippen molar-refractivity contribution < 1.29 is 62.9 Å². The zero-order valence-corrected chi connectivity index (χ0v) is 71.5. The predicted molar refractivity (Wildman–Crippen MR) is 473 cm³/mol. The van der Waals surface area contributed by atoms with Crippen LogP contribution in [0.5, 0.6) is 23.0 Å². The zero-order valence-electron chi connectivity index (χ0n) is 71.5. The number of aryl methyl sites for hydroxylation is 4. The number of carbonyl (C=O) groups is 4. The monoisotopic (exact) mass is 1610 g/mol. The number of carboxylic acids is 1. The number of carboxylic acid groups (broad SMARTS) is 1. The fourth-order valence-electron chi connectivity index (χ4n) is 18.3. The minimum atomic E-state index is -0.838. The molecule has 8 aromatic rings. The normalized spacial score (nSPS) is 17.0. The van der Waals surface area contributed by atoms with E-state index >= 15 is 0 Å². The minimum Gasteiger partial charge on any atom is -0.508 e. The first kappa shape index (κ1) is 88.3.